The predicted molar refractivity (Wildman–Crippen MR) is 79.7 cm³/mol. The summed E-state index contributed by atoms with van der Waals surface area (Å²) in [4.78, 5) is 0. The maximum atomic E-state index is 5.22. The van der Waals surface area contributed by atoms with Crippen molar-refractivity contribution < 1.29 is 14.0 Å². The topological polar surface area (TPSA) is 22.3 Å². The maximum absolute atomic E-state index is 5.22. The Kier molecular flexibility index (Phi) is 5.04. The summed E-state index contributed by atoms with van der Waals surface area (Å²) in [5.74, 6) is 0. The number of ether oxygens (including phenoxy) is 2. The molecule has 0 fully saturated rings. The Morgan fingerprint density at radius 3 is 1.85 bits per heavy atom. The molecular formula is C17H20NO2+. The van der Waals surface area contributed by atoms with E-state index in [1.54, 1.807) is 14.2 Å². The van der Waals surface area contributed by atoms with Crippen LogP contribution in [0.4, 0.5) is 0 Å². The number of nitrogens with zero attached hydrogens (tertiary/aromatic N) is 1. The van der Waals surface area contributed by atoms with Gasteiger partial charge in [0.15, 0.2) is 18.7 Å². The zero-order valence-electron chi connectivity index (χ0n) is 12.1. The lowest BCUT2D eigenvalue weighted by Crippen LogP contribution is -2.25. The molecule has 0 atom stereocenters. The molecule has 3 nitrogen and oxygen atoms in total. The number of aryl methyl sites for hydroxylation is 1. The van der Waals surface area contributed by atoms with Gasteiger partial charge in [0.1, 0.15) is 7.05 Å². The molecule has 0 N–H and O–H groups in total. The van der Waals surface area contributed by atoms with Gasteiger partial charge in [0.25, 0.3) is 0 Å². The predicted octanol–water partition coefficient (Wildman–Crippen LogP) is 2.97. The molecule has 0 saturated carbocycles. The third-order valence-corrected chi connectivity index (χ3v) is 3.11. The second-order valence-corrected chi connectivity index (χ2v) is 4.60. The highest BCUT2D eigenvalue weighted by Crippen LogP contribution is 2.18. The van der Waals surface area contributed by atoms with Gasteiger partial charge in [0.05, 0.1) is 0 Å². The van der Waals surface area contributed by atoms with Crippen LogP contribution in [0.3, 0.4) is 0 Å². The van der Waals surface area contributed by atoms with E-state index in [9.17, 15) is 0 Å². The van der Waals surface area contributed by atoms with Crippen molar-refractivity contribution in [1.29, 1.82) is 0 Å². The van der Waals surface area contributed by atoms with E-state index in [1.165, 1.54) is 5.56 Å². The Hall–Kier alpha value is -1.97. The van der Waals surface area contributed by atoms with E-state index in [1.807, 2.05) is 36.1 Å². The Balaban J connectivity index is 2.08. The SMILES string of the molecule is COC(OC)c1ccc(/C=C/c2cc[n+](C)cc2)cc1. The van der Waals surface area contributed by atoms with Crippen LogP contribution in [-0.2, 0) is 16.5 Å². The minimum absolute atomic E-state index is 0.304. The molecule has 20 heavy (non-hydrogen) atoms. The van der Waals surface area contributed by atoms with Crippen LogP contribution in [0.25, 0.3) is 12.2 Å². The molecule has 0 unspecified atom stereocenters. The molecule has 0 aliphatic heterocycles. The summed E-state index contributed by atoms with van der Waals surface area (Å²) in [5, 5.41) is 0. The van der Waals surface area contributed by atoms with Crippen molar-refractivity contribution in [3.63, 3.8) is 0 Å². The first-order valence-electron chi connectivity index (χ1n) is 6.52. The fourth-order valence-electron chi connectivity index (χ4n) is 1.95. The Morgan fingerprint density at radius 2 is 1.35 bits per heavy atom. The van der Waals surface area contributed by atoms with Crippen molar-refractivity contribution >= 4 is 12.2 Å². The average Bonchev–Trinajstić information content (AvgIpc) is 2.49. The number of methoxy groups -OCH3 is 2. The van der Waals surface area contributed by atoms with Crippen molar-refractivity contribution in [2.45, 2.75) is 6.29 Å². The zero-order valence-corrected chi connectivity index (χ0v) is 12.1. The lowest BCUT2D eigenvalue weighted by Gasteiger charge is -2.13. The van der Waals surface area contributed by atoms with Gasteiger partial charge in [-0.3, -0.25) is 0 Å². The lowest BCUT2D eigenvalue weighted by molar-refractivity contribution is -0.671. The van der Waals surface area contributed by atoms with E-state index in [2.05, 4.69) is 36.4 Å². The molecule has 2 aromatic rings. The van der Waals surface area contributed by atoms with E-state index in [-0.39, 0.29) is 6.29 Å². The summed E-state index contributed by atoms with van der Waals surface area (Å²) in [5.41, 5.74) is 3.34. The summed E-state index contributed by atoms with van der Waals surface area (Å²) in [6.07, 6.45) is 7.95. The van der Waals surface area contributed by atoms with E-state index in [0.717, 1.165) is 11.1 Å². The molecule has 0 bridgehead atoms. The second kappa shape index (κ2) is 6.98. The first-order chi connectivity index (χ1) is 9.72. The molecule has 104 valence electrons. The van der Waals surface area contributed by atoms with Gasteiger partial charge >= 0.3 is 0 Å². The Labute approximate surface area is 120 Å². The molecule has 0 spiro atoms. The van der Waals surface area contributed by atoms with E-state index >= 15 is 0 Å². The number of rotatable bonds is 5. The van der Waals surface area contributed by atoms with Crippen LogP contribution in [0.5, 0.6) is 0 Å². The Bertz CT molecular complexity index is 555. The standard InChI is InChI=1S/C17H20NO2/c1-18-12-10-15(11-13-18)5-4-14-6-8-16(9-7-14)17(19-2)20-3/h4-13,17H,1-3H3/q+1/b5-4+. The average molecular weight is 270 g/mol. The largest absolute Gasteiger partial charge is 0.352 e. The van der Waals surface area contributed by atoms with Crippen molar-refractivity contribution in [2.75, 3.05) is 14.2 Å². The van der Waals surface area contributed by atoms with E-state index in [0.29, 0.717) is 0 Å². The third kappa shape index (κ3) is 3.76. The van der Waals surface area contributed by atoms with Crippen LogP contribution in [0, 0.1) is 0 Å². The van der Waals surface area contributed by atoms with Gasteiger partial charge in [-0.1, -0.05) is 36.4 Å². The molecule has 0 amide bonds. The molecule has 0 aliphatic rings. The summed E-state index contributed by atoms with van der Waals surface area (Å²) < 4.78 is 12.5. The van der Waals surface area contributed by atoms with E-state index < -0.39 is 0 Å². The highest BCUT2D eigenvalue weighted by atomic mass is 16.7. The fraction of sp³-hybridized carbons (Fsp3) is 0.235. The molecule has 1 heterocycles. The van der Waals surface area contributed by atoms with Crippen molar-refractivity contribution in [3.8, 4) is 0 Å². The van der Waals surface area contributed by atoms with Gasteiger partial charge < -0.3 is 9.47 Å². The van der Waals surface area contributed by atoms with Crippen LogP contribution in [0.2, 0.25) is 0 Å². The Morgan fingerprint density at radius 1 is 0.850 bits per heavy atom. The van der Waals surface area contributed by atoms with Crippen molar-refractivity contribution in [1.82, 2.24) is 0 Å². The summed E-state index contributed by atoms with van der Waals surface area (Å²) in [7, 11) is 5.28. The summed E-state index contributed by atoms with van der Waals surface area (Å²) in [6, 6.07) is 12.3. The van der Waals surface area contributed by atoms with Crippen LogP contribution in [0.1, 0.15) is 23.0 Å². The van der Waals surface area contributed by atoms with Gasteiger partial charge in [-0.25, -0.2) is 4.57 Å². The summed E-state index contributed by atoms with van der Waals surface area (Å²) >= 11 is 0. The maximum Gasteiger partial charge on any atom is 0.183 e. The number of hydrogen-bond donors (Lipinski definition) is 0. The lowest BCUT2D eigenvalue weighted by atomic mass is 10.1. The van der Waals surface area contributed by atoms with Crippen LogP contribution < -0.4 is 4.57 Å². The van der Waals surface area contributed by atoms with Gasteiger partial charge in [-0.15, -0.1) is 0 Å². The van der Waals surface area contributed by atoms with Crippen molar-refractivity contribution in [3.05, 3.63) is 65.5 Å². The van der Waals surface area contributed by atoms with Crippen LogP contribution in [0.15, 0.2) is 48.8 Å². The molecule has 1 aromatic heterocycles. The number of pyridine rings is 1. The number of hydrogen-bond acceptors (Lipinski definition) is 2. The van der Waals surface area contributed by atoms with Crippen LogP contribution >= 0.6 is 0 Å². The molecule has 0 saturated heterocycles. The smallest absolute Gasteiger partial charge is 0.183 e. The van der Waals surface area contributed by atoms with Gasteiger partial charge in [-0.2, -0.15) is 0 Å². The molecule has 2 rings (SSSR count). The minimum Gasteiger partial charge on any atom is -0.352 e. The van der Waals surface area contributed by atoms with Crippen LogP contribution in [-0.4, -0.2) is 14.2 Å². The number of benzene rings is 1. The molecule has 0 aliphatic carbocycles. The molecule has 1 aromatic carbocycles. The highest BCUT2D eigenvalue weighted by molar-refractivity contribution is 5.69. The minimum atomic E-state index is -0.304. The number of aromatic nitrogens is 1. The van der Waals surface area contributed by atoms with E-state index in [4.69, 9.17) is 9.47 Å². The fourth-order valence-corrected chi connectivity index (χ4v) is 1.95. The van der Waals surface area contributed by atoms with Crippen molar-refractivity contribution in [2.24, 2.45) is 7.05 Å². The molecule has 0 radical (unpaired) electrons. The molecular weight excluding hydrogens is 250 g/mol. The second-order valence-electron chi connectivity index (χ2n) is 4.60. The van der Waals surface area contributed by atoms with Gasteiger partial charge in [0, 0.05) is 31.9 Å². The quantitative estimate of drug-likeness (QED) is 0.615. The van der Waals surface area contributed by atoms with Gasteiger partial charge in [0.2, 0.25) is 0 Å². The normalized spacial score (nSPS) is 11.4. The van der Waals surface area contributed by atoms with Gasteiger partial charge in [-0.05, 0) is 11.1 Å². The monoisotopic (exact) mass is 270 g/mol. The zero-order chi connectivity index (χ0) is 14.4. The summed E-state index contributed by atoms with van der Waals surface area (Å²) in [6.45, 7) is 0. The first-order valence-corrected chi connectivity index (χ1v) is 6.52. The highest BCUT2D eigenvalue weighted by Gasteiger charge is 2.07. The molecule has 3 heteroatoms. The third-order valence-electron chi connectivity index (χ3n) is 3.11. The first kappa shape index (κ1) is 14.4.